The van der Waals surface area contributed by atoms with E-state index in [1.54, 1.807) is 14.2 Å². The summed E-state index contributed by atoms with van der Waals surface area (Å²) in [6.07, 6.45) is 2.12. The van der Waals surface area contributed by atoms with Gasteiger partial charge in [-0.25, -0.2) is 4.98 Å². The summed E-state index contributed by atoms with van der Waals surface area (Å²) in [5.41, 5.74) is 1.77. The SMILES string of the molecule is CCCN(CCC)c1nc(C)cc(Nc2ccc(OC)cc2OC)n1. The van der Waals surface area contributed by atoms with Gasteiger partial charge in [0.15, 0.2) is 0 Å². The van der Waals surface area contributed by atoms with Crippen molar-refractivity contribution in [3.63, 3.8) is 0 Å². The first-order chi connectivity index (χ1) is 12.1. The van der Waals surface area contributed by atoms with E-state index in [4.69, 9.17) is 14.5 Å². The molecular formula is C19H28N4O2. The Morgan fingerprint density at radius 2 is 1.72 bits per heavy atom. The smallest absolute Gasteiger partial charge is 0.227 e. The summed E-state index contributed by atoms with van der Waals surface area (Å²) in [7, 11) is 3.28. The van der Waals surface area contributed by atoms with Gasteiger partial charge < -0.3 is 19.7 Å². The van der Waals surface area contributed by atoms with Gasteiger partial charge in [-0.1, -0.05) is 13.8 Å². The molecule has 0 aliphatic carbocycles. The van der Waals surface area contributed by atoms with Crippen molar-refractivity contribution in [1.29, 1.82) is 0 Å². The zero-order valence-corrected chi connectivity index (χ0v) is 15.8. The van der Waals surface area contributed by atoms with Crippen molar-refractivity contribution in [3.05, 3.63) is 30.0 Å². The van der Waals surface area contributed by atoms with E-state index in [1.807, 2.05) is 31.2 Å². The highest BCUT2D eigenvalue weighted by molar-refractivity contribution is 5.66. The van der Waals surface area contributed by atoms with Gasteiger partial charge in [0, 0.05) is 30.9 Å². The Kier molecular flexibility index (Phi) is 6.86. The summed E-state index contributed by atoms with van der Waals surface area (Å²) in [4.78, 5) is 11.5. The van der Waals surface area contributed by atoms with Crippen LogP contribution in [0.5, 0.6) is 11.5 Å². The van der Waals surface area contributed by atoms with Gasteiger partial charge in [0.25, 0.3) is 0 Å². The molecule has 1 N–H and O–H groups in total. The quantitative estimate of drug-likeness (QED) is 0.737. The summed E-state index contributed by atoms with van der Waals surface area (Å²) >= 11 is 0. The molecule has 0 spiro atoms. The highest BCUT2D eigenvalue weighted by Crippen LogP contribution is 2.31. The van der Waals surface area contributed by atoms with Crippen molar-refractivity contribution >= 4 is 17.5 Å². The van der Waals surface area contributed by atoms with Gasteiger partial charge in [0.05, 0.1) is 19.9 Å². The Labute approximate surface area is 150 Å². The number of aromatic nitrogens is 2. The summed E-state index contributed by atoms with van der Waals surface area (Å²) in [6.45, 7) is 8.21. The van der Waals surface area contributed by atoms with Crippen LogP contribution in [0.25, 0.3) is 0 Å². The third kappa shape index (κ3) is 4.98. The fourth-order valence-corrected chi connectivity index (χ4v) is 2.65. The molecule has 25 heavy (non-hydrogen) atoms. The van der Waals surface area contributed by atoms with Crippen LogP contribution >= 0.6 is 0 Å². The molecule has 1 aromatic heterocycles. The number of anilines is 3. The molecule has 6 heteroatoms. The average molecular weight is 344 g/mol. The van der Waals surface area contributed by atoms with E-state index in [1.165, 1.54) is 0 Å². The van der Waals surface area contributed by atoms with E-state index >= 15 is 0 Å². The average Bonchev–Trinajstić information content (AvgIpc) is 2.61. The number of benzene rings is 1. The normalized spacial score (nSPS) is 10.4. The maximum atomic E-state index is 5.45. The van der Waals surface area contributed by atoms with Gasteiger partial charge in [0.1, 0.15) is 17.3 Å². The Morgan fingerprint density at radius 3 is 2.32 bits per heavy atom. The topological polar surface area (TPSA) is 59.5 Å². The maximum absolute atomic E-state index is 5.45. The van der Waals surface area contributed by atoms with Crippen molar-refractivity contribution in [2.45, 2.75) is 33.6 Å². The summed E-state index contributed by atoms with van der Waals surface area (Å²) in [5.74, 6) is 2.97. The van der Waals surface area contributed by atoms with E-state index in [9.17, 15) is 0 Å². The lowest BCUT2D eigenvalue weighted by Gasteiger charge is -2.22. The summed E-state index contributed by atoms with van der Waals surface area (Å²) < 4.78 is 10.7. The highest BCUT2D eigenvalue weighted by atomic mass is 16.5. The number of rotatable bonds is 9. The lowest BCUT2D eigenvalue weighted by atomic mass is 10.2. The van der Waals surface area contributed by atoms with E-state index in [0.29, 0.717) is 5.75 Å². The molecule has 0 amide bonds. The fraction of sp³-hybridized carbons (Fsp3) is 0.474. The monoisotopic (exact) mass is 344 g/mol. The van der Waals surface area contributed by atoms with Gasteiger partial charge in [-0.15, -0.1) is 0 Å². The number of hydrogen-bond donors (Lipinski definition) is 1. The van der Waals surface area contributed by atoms with Crippen molar-refractivity contribution in [1.82, 2.24) is 9.97 Å². The van der Waals surface area contributed by atoms with Gasteiger partial charge in [-0.2, -0.15) is 4.98 Å². The Hall–Kier alpha value is -2.50. The van der Waals surface area contributed by atoms with Crippen LogP contribution in [-0.4, -0.2) is 37.3 Å². The van der Waals surface area contributed by atoms with Crippen LogP contribution in [0.2, 0.25) is 0 Å². The van der Waals surface area contributed by atoms with Gasteiger partial charge in [-0.05, 0) is 31.9 Å². The Bertz CT molecular complexity index is 685. The first-order valence-electron chi connectivity index (χ1n) is 8.70. The van der Waals surface area contributed by atoms with Crippen molar-refractivity contribution in [2.24, 2.45) is 0 Å². The van der Waals surface area contributed by atoms with Gasteiger partial charge >= 0.3 is 0 Å². The van der Waals surface area contributed by atoms with Crippen LogP contribution in [0.4, 0.5) is 17.5 Å². The van der Waals surface area contributed by atoms with Gasteiger partial charge in [0.2, 0.25) is 5.95 Å². The molecule has 136 valence electrons. The number of nitrogens with one attached hydrogen (secondary N) is 1. The summed E-state index contributed by atoms with van der Waals surface area (Å²) in [5, 5.41) is 3.34. The standard InChI is InChI=1S/C19H28N4O2/c1-6-10-23(11-7-2)19-20-14(3)12-18(22-19)21-16-9-8-15(24-4)13-17(16)25-5/h8-9,12-13H,6-7,10-11H2,1-5H3,(H,20,21,22). The third-order valence-corrected chi connectivity index (χ3v) is 3.78. The second-order valence-corrected chi connectivity index (χ2v) is 5.87. The van der Waals surface area contributed by atoms with E-state index in [0.717, 1.165) is 54.8 Å². The van der Waals surface area contributed by atoms with E-state index in [-0.39, 0.29) is 0 Å². The number of hydrogen-bond acceptors (Lipinski definition) is 6. The van der Waals surface area contributed by atoms with Crippen LogP contribution in [0.3, 0.4) is 0 Å². The van der Waals surface area contributed by atoms with Crippen LogP contribution in [0.1, 0.15) is 32.4 Å². The minimum absolute atomic E-state index is 0.705. The third-order valence-electron chi connectivity index (χ3n) is 3.78. The predicted molar refractivity (Wildman–Crippen MR) is 102 cm³/mol. The number of ether oxygens (including phenoxy) is 2. The largest absolute Gasteiger partial charge is 0.497 e. The molecule has 0 aliphatic rings. The number of aryl methyl sites for hydroxylation is 1. The molecule has 0 radical (unpaired) electrons. The zero-order chi connectivity index (χ0) is 18.2. The second-order valence-electron chi connectivity index (χ2n) is 5.87. The lowest BCUT2D eigenvalue weighted by Crippen LogP contribution is -2.27. The molecule has 0 aliphatic heterocycles. The lowest BCUT2D eigenvalue weighted by molar-refractivity contribution is 0.395. The highest BCUT2D eigenvalue weighted by Gasteiger charge is 2.12. The molecule has 0 atom stereocenters. The molecule has 2 aromatic rings. The van der Waals surface area contributed by atoms with Crippen molar-refractivity contribution in [2.75, 3.05) is 37.5 Å². The molecule has 2 rings (SSSR count). The van der Waals surface area contributed by atoms with Gasteiger partial charge in [-0.3, -0.25) is 0 Å². The minimum atomic E-state index is 0.705. The van der Waals surface area contributed by atoms with Crippen LogP contribution in [0, 0.1) is 6.92 Å². The Balaban J connectivity index is 2.31. The zero-order valence-electron chi connectivity index (χ0n) is 15.8. The van der Waals surface area contributed by atoms with Crippen molar-refractivity contribution < 1.29 is 9.47 Å². The summed E-state index contributed by atoms with van der Waals surface area (Å²) in [6, 6.07) is 7.59. The van der Waals surface area contributed by atoms with E-state index in [2.05, 4.69) is 29.0 Å². The molecule has 0 saturated carbocycles. The molecule has 6 nitrogen and oxygen atoms in total. The van der Waals surface area contributed by atoms with Crippen LogP contribution in [-0.2, 0) is 0 Å². The first kappa shape index (κ1) is 18.8. The van der Waals surface area contributed by atoms with Crippen LogP contribution < -0.4 is 19.7 Å². The molecule has 0 bridgehead atoms. The fourth-order valence-electron chi connectivity index (χ4n) is 2.65. The molecule has 0 unspecified atom stereocenters. The Morgan fingerprint density at radius 1 is 1.00 bits per heavy atom. The van der Waals surface area contributed by atoms with E-state index < -0.39 is 0 Å². The van der Waals surface area contributed by atoms with Crippen LogP contribution in [0.15, 0.2) is 24.3 Å². The van der Waals surface area contributed by atoms with Crippen molar-refractivity contribution in [3.8, 4) is 11.5 Å². The molecular weight excluding hydrogens is 316 g/mol. The molecule has 1 aromatic carbocycles. The molecule has 0 fully saturated rings. The molecule has 1 heterocycles. The molecule has 0 saturated heterocycles. The minimum Gasteiger partial charge on any atom is -0.497 e. The number of nitrogens with zero attached hydrogens (tertiary/aromatic N) is 3. The first-order valence-corrected chi connectivity index (χ1v) is 8.70. The predicted octanol–water partition coefficient (Wildman–Crippen LogP) is 4.17. The number of methoxy groups -OCH3 is 2. The second kappa shape index (κ2) is 9.11. The maximum Gasteiger partial charge on any atom is 0.227 e.